The van der Waals surface area contributed by atoms with Gasteiger partial charge in [0, 0.05) is 26.2 Å². The Hall–Kier alpha value is -1.73. The van der Waals surface area contributed by atoms with Crippen LogP contribution in [-0.4, -0.2) is 45.7 Å². The predicted octanol–water partition coefficient (Wildman–Crippen LogP) is 1.19. The van der Waals surface area contributed by atoms with E-state index in [0.29, 0.717) is 23.3 Å². The Labute approximate surface area is 127 Å². The summed E-state index contributed by atoms with van der Waals surface area (Å²) in [7, 11) is 0. The van der Waals surface area contributed by atoms with E-state index in [-0.39, 0.29) is 17.7 Å². The highest BCUT2D eigenvalue weighted by molar-refractivity contribution is 5.73. The second kappa shape index (κ2) is 5.81. The quantitative estimate of drug-likeness (QED) is 0.921. The molecule has 0 bridgehead atoms. The third-order valence-corrected chi connectivity index (χ3v) is 4.49. The molecule has 1 N–H and O–H groups in total. The van der Waals surface area contributed by atoms with Crippen LogP contribution in [0.3, 0.4) is 0 Å². The summed E-state index contributed by atoms with van der Waals surface area (Å²) in [6, 6.07) is 0.260. The van der Waals surface area contributed by atoms with Gasteiger partial charge in [-0.15, -0.1) is 0 Å². The van der Waals surface area contributed by atoms with Crippen LogP contribution in [0.15, 0.2) is 11.0 Å². The van der Waals surface area contributed by atoms with Crippen LogP contribution in [-0.2, 0) is 15.9 Å². The van der Waals surface area contributed by atoms with E-state index in [2.05, 4.69) is 15.1 Å². The van der Waals surface area contributed by atoms with Gasteiger partial charge < -0.3 is 14.5 Å². The van der Waals surface area contributed by atoms with E-state index in [4.69, 9.17) is 9.47 Å². The summed E-state index contributed by atoms with van der Waals surface area (Å²) in [5, 5.41) is 4.96. The number of nitrogens with zero attached hydrogens (tertiary/aromatic N) is 3. The molecule has 0 spiro atoms. The fourth-order valence-corrected chi connectivity index (χ4v) is 3.30. The maximum atomic E-state index is 12.3. The normalized spacial score (nSPS) is 23.4. The van der Waals surface area contributed by atoms with Crippen molar-refractivity contribution in [3.63, 3.8) is 0 Å². The second-order valence-electron chi connectivity index (χ2n) is 6.02. The summed E-state index contributed by atoms with van der Waals surface area (Å²) in [6.45, 7) is 2.27. The highest BCUT2D eigenvalue weighted by Gasteiger charge is 2.22. The minimum absolute atomic E-state index is 0.115. The molecule has 0 aromatic carbocycles. The lowest BCUT2D eigenvalue weighted by atomic mass is 10.1. The molecule has 0 aliphatic carbocycles. The van der Waals surface area contributed by atoms with Gasteiger partial charge in [0.1, 0.15) is 11.2 Å². The highest BCUT2D eigenvalue weighted by Crippen LogP contribution is 2.23. The first kappa shape index (κ1) is 13.9. The molecule has 4 heterocycles. The molecule has 118 valence electrons. The number of hydrogen-bond donors (Lipinski definition) is 1. The van der Waals surface area contributed by atoms with E-state index >= 15 is 0 Å². The number of hydrogen-bond acceptors (Lipinski definition) is 5. The Morgan fingerprint density at radius 2 is 2.14 bits per heavy atom. The number of H-pyrrole nitrogens is 1. The maximum Gasteiger partial charge on any atom is 0.262 e. The Morgan fingerprint density at radius 3 is 2.91 bits per heavy atom. The molecule has 1 unspecified atom stereocenters. The maximum absolute atomic E-state index is 12.3. The fraction of sp³-hybridized carbons (Fsp3) is 0.667. The van der Waals surface area contributed by atoms with Gasteiger partial charge in [0.05, 0.1) is 18.3 Å². The summed E-state index contributed by atoms with van der Waals surface area (Å²) in [4.78, 5) is 19.8. The van der Waals surface area contributed by atoms with Gasteiger partial charge in [-0.3, -0.25) is 4.79 Å². The largest absolute Gasteiger partial charge is 0.381 e. The molecule has 2 fully saturated rings. The molecule has 0 radical (unpaired) electrons. The third-order valence-electron chi connectivity index (χ3n) is 4.49. The second-order valence-corrected chi connectivity index (χ2v) is 6.02. The summed E-state index contributed by atoms with van der Waals surface area (Å²) < 4.78 is 12.9. The fourth-order valence-electron chi connectivity index (χ4n) is 3.30. The van der Waals surface area contributed by atoms with Crippen molar-refractivity contribution >= 4 is 11.0 Å². The lowest BCUT2D eigenvalue weighted by molar-refractivity contribution is 0.0673. The Bertz CT molecular complexity index is 711. The summed E-state index contributed by atoms with van der Waals surface area (Å²) in [5.41, 5.74) is 0.569. The van der Waals surface area contributed by atoms with Gasteiger partial charge in [-0.1, -0.05) is 0 Å². The number of fused-ring (bicyclic) bond motifs is 1. The average Bonchev–Trinajstić information content (AvgIpc) is 3.18. The molecule has 2 saturated heterocycles. The van der Waals surface area contributed by atoms with Gasteiger partial charge in [0.25, 0.3) is 5.56 Å². The smallest absolute Gasteiger partial charge is 0.262 e. The molecule has 22 heavy (non-hydrogen) atoms. The molecular formula is C15H20N4O3. The molecule has 0 saturated carbocycles. The molecule has 2 aliphatic heterocycles. The van der Waals surface area contributed by atoms with Crippen LogP contribution in [0, 0.1) is 0 Å². The number of rotatable bonds is 3. The molecule has 7 heteroatoms. The van der Waals surface area contributed by atoms with Crippen LogP contribution in [0.5, 0.6) is 0 Å². The molecule has 2 aliphatic rings. The van der Waals surface area contributed by atoms with E-state index < -0.39 is 0 Å². The topological polar surface area (TPSA) is 82.0 Å². The zero-order valence-electron chi connectivity index (χ0n) is 12.5. The number of ether oxygens (including phenoxy) is 2. The monoisotopic (exact) mass is 304 g/mol. The van der Waals surface area contributed by atoms with Crippen LogP contribution < -0.4 is 5.56 Å². The summed E-state index contributed by atoms with van der Waals surface area (Å²) in [6.07, 6.45) is 6.37. The minimum Gasteiger partial charge on any atom is -0.381 e. The molecule has 2 aromatic heterocycles. The van der Waals surface area contributed by atoms with E-state index in [1.807, 2.05) is 4.68 Å². The zero-order valence-corrected chi connectivity index (χ0v) is 12.5. The van der Waals surface area contributed by atoms with Crippen LogP contribution in [0.2, 0.25) is 0 Å². The zero-order chi connectivity index (χ0) is 14.9. The van der Waals surface area contributed by atoms with Crippen LogP contribution in [0.1, 0.15) is 37.5 Å². The Morgan fingerprint density at radius 1 is 1.27 bits per heavy atom. The molecule has 1 atom stereocenters. The molecular weight excluding hydrogens is 284 g/mol. The van der Waals surface area contributed by atoms with Gasteiger partial charge in [-0.05, 0) is 25.7 Å². The first-order valence-corrected chi connectivity index (χ1v) is 7.97. The Balaban J connectivity index is 1.69. The van der Waals surface area contributed by atoms with Crippen molar-refractivity contribution in [1.29, 1.82) is 0 Å². The van der Waals surface area contributed by atoms with E-state index in [0.717, 1.165) is 45.5 Å². The van der Waals surface area contributed by atoms with Crippen molar-refractivity contribution in [2.45, 2.75) is 44.2 Å². The number of aromatic nitrogens is 4. The van der Waals surface area contributed by atoms with Crippen LogP contribution >= 0.6 is 0 Å². The van der Waals surface area contributed by atoms with Crippen molar-refractivity contribution in [1.82, 2.24) is 19.7 Å². The molecule has 4 rings (SSSR count). The van der Waals surface area contributed by atoms with Crippen molar-refractivity contribution in [3.8, 4) is 0 Å². The summed E-state index contributed by atoms with van der Waals surface area (Å²) in [5.74, 6) is 0.693. The van der Waals surface area contributed by atoms with E-state index in [1.54, 1.807) is 6.20 Å². The Kier molecular flexibility index (Phi) is 3.67. The lowest BCUT2D eigenvalue weighted by Crippen LogP contribution is -2.22. The van der Waals surface area contributed by atoms with Crippen LogP contribution in [0.25, 0.3) is 11.0 Å². The lowest BCUT2D eigenvalue weighted by Gasteiger charge is -2.22. The van der Waals surface area contributed by atoms with Gasteiger partial charge >= 0.3 is 0 Å². The number of aromatic amines is 1. The minimum atomic E-state index is -0.115. The first-order chi connectivity index (χ1) is 10.8. The molecule has 2 aromatic rings. The van der Waals surface area contributed by atoms with Crippen molar-refractivity contribution < 1.29 is 9.47 Å². The highest BCUT2D eigenvalue weighted by atomic mass is 16.5. The van der Waals surface area contributed by atoms with Gasteiger partial charge in [0.15, 0.2) is 5.65 Å². The molecule has 0 amide bonds. The number of nitrogens with one attached hydrogen (secondary N) is 1. The van der Waals surface area contributed by atoms with Gasteiger partial charge in [-0.2, -0.15) is 5.10 Å². The van der Waals surface area contributed by atoms with Crippen LogP contribution in [0.4, 0.5) is 0 Å². The van der Waals surface area contributed by atoms with Crippen molar-refractivity contribution in [3.05, 3.63) is 22.4 Å². The predicted molar refractivity (Wildman–Crippen MR) is 79.9 cm³/mol. The van der Waals surface area contributed by atoms with E-state index in [9.17, 15) is 4.79 Å². The SMILES string of the molecule is O=c1[nH]c(CC2CCCO2)nc2c1cnn2C1CCOCC1. The average molecular weight is 304 g/mol. The van der Waals surface area contributed by atoms with Crippen molar-refractivity contribution in [2.24, 2.45) is 0 Å². The standard InChI is InChI=1S/C15H20N4O3/c20-15-12-9-16-19(10-3-6-21-7-4-10)14(12)17-13(18-15)8-11-2-1-5-22-11/h9-11H,1-8H2,(H,17,18,20). The van der Waals surface area contributed by atoms with Gasteiger partial charge in [0.2, 0.25) is 0 Å². The third kappa shape index (κ3) is 2.55. The first-order valence-electron chi connectivity index (χ1n) is 7.97. The van der Waals surface area contributed by atoms with Crippen molar-refractivity contribution in [2.75, 3.05) is 19.8 Å². The summed E-state index contributed by atoms with van der Waals surface area (Å²) >= 11 is 0. The molecule has 7 nitrogen and oxygen atoms in total. The van der Waals surface area contributed by atoms with Gasteiger partial charge in [-0.25, -0.2) is 9.67 Å². The van der Waals surface area contributed by atoms with E-state index in [1.165, 1.54) is 0 Å².